The number of hydrogen-bond acceptors (Lipinski definition) is 4. The second kappa shape index (κ2) is 6.60. The Hall–Kier alpha value is -1.76. The molecule has 20 heavy (non-hydrogen) atoms. The summed E-state index contributed by atoms with van der Waals surface area (Å²) in [5, 5.41) is 0. The molecule has 2 aromatic rings. The van der Waals surface area contributed by atoms with Gasteiger partial charge in [0.25, 0.3) is 0 Å². The molecule has 104 valence electrons. The quantitative estimate of drug-likeness (QED) is 0.500. The molecule has 0 unspecified atom stereocenters. The van der Waals surface area contributed by atoms with Crippen LogP contribution in [0.15, 0.2) is 42.5 Å². The third-order valence-electron chi connectivity index (χ3n) is 2.75. The van der Waals surface area contributed by atoms with Gasteiger partial charge in [-0.05, 0) is 40.3 Å². The molecule has 0 heterocycles. The number of carbonyl (C=O) groups excluding carboxylic acids is 1. The maximum absolute atomic E-state index is 11.6. The molecule has 5 heteroatoms. The smallest absolute Gasteiger partial charge is 0.338 e. The van der Waals surface area contributed by atoms with Gasteiger partial charge in [0.2, 0.25) is 0 Å². The number of hydrogen-bond donors (Lipinski definition) is 1. The average Bonchev–Trinajstić information content (AvgIpc) is 2.48. The highest BCUT2D eigenvalue weighted by Gasteiger charge is 2.13. The molecule has 0 saturated heterocycles. The monoisotopic (exact) mass is 383 g/mol. The van der Waals surface area contributed by atoms with Gasteiger partial charge in [-0.2, -0.15) is 0 Å². The first kappa shape index (κ1) is 14.6. The maximum Gasteiger partial charge on any atom is 0.338 e. The average molecular weight is 383 g/mol. The molecule has 0 atom stereocenters. The van der Waals surface area contributed by atoms with E-state index in [0.717, 1.165) is 9.13 Å². The molecule has 0 fully saturated rings. The minimum Gasteiger partial charge on any atom is -0.487 e. The standard InChI is InChI=1S/C15H14INO3/c1-19-15(18)11-7-12(16)14(17)13(8-11)20-9-10-5-3-2-4-6-10/h2-8H,9,17H2,1H3. The first-order chi connectivity index (χ1) is 9.61. The Bertz CT molecular complexity index is 614. The Balaban J connectivity index is 2.22. The molecule has 0 amide bonds. The SMILES string of the molecule is COC(=O)c1cc(I)c(N)c(OCc2ccccc2)c1. The molecule has 0 aliphatic heterocycles. The van der Waals surface area contributed by atoms with Crippen LogP contribution in [-0.4, -0.2) is 13.1 Å². The number of benzene rings is 2. The van der Waals surface area contributed by atoms with Gasteiger partial charge in [0.1, 0.15) is 12.4 Å². The van der Waals surface area contributed by atoms with Gasteiger partial charge in [-0.15, -0.1) is 0 Å². The fourth-order valence-corrected chi connectivity index (χ4v) is 2.28. The van der Waals surface area contributed by atoms with Crippen molar-refractivity contribution in [2.45, 2.75) is 6.61 Å². The Labute approximate surface area is 131 Å². The van der Waals surface area contributed by atoms with Crippen LogP contribution in [0.5, 0.6) is 5.75 Å². The highest BCUT2D eigenvalue weighted by Crippen LogP contribution is 2.29. The lowest BCUT2D eigenvalue weighted by Gasteiger charge is -2.12. The van der Waals surface area contributed by atoms with Gasteiger partial charge in [-0.1, -0.05) is 30.3 Å². The van der Waals surface area contributed by atoms with Crippen molar-refractivity contribution >= 4 is 34.2 Å². The Morgan fingerprint density at radius 3 is 2.60 bits per heavy atom. The highest BCUT2D eigenvalue weighted by molar-refractivity contribution is 14.1. The number of carbonyl (C=O) groups is 1. The lowest BCUT2D eigenvalue weighted by Crippen LogP contribution is -2.06. The molecule has 2 N–H and O–H groups in total. The molecule has 2 rings (SSSR count). The number of nitrogens with two attached hydrogens (primary N) is 1. The maximum atomic E-state index is 11.6. The zero-order chi connectivity index (χ0) is 14.5. The van der Waals surface area contributed by atoms with Crippen LogP contribution in [0.1, 0.15) is 15.9 Å². The summed E-state index contributed by atoms with van der Waals surface area (Å²) in [5.74, 6) is 0.0774. The first-order valence-corrected chi connectivity index (χ1v) is 7.03. The number of ether oxygens (including phenoxy) is 2. The number of nitrogen functional groups attached to an aromatic ring is 1. The number of rotatable bonds is 4. The fourth-order valence-electron chi connectivity index (χ4n) is 1.68. The van der Waals surface area contributed by atoms with Crippen molar-refractivity contribution in [3.63, 3.8) is 0 Å². The Morgan fingerprint density at radius 1 is 1.25 bits per heavy atom. The van der Waals surface area contributed by atoms with E-state index in [1.165, 1.54) is 7.11 Å². The van der Waals surface area contributed by atoms with E-state index in [1.54, 1.807) is 12.1 Å². The summed E-state index contributed by atoms with van der Waals surface area (Å²) in [6.45, 7) is 0.395. The molecular formula is C15H14INO3. The van der Waals surface area contributed by atoms with Gasteiger partial charge in [-0.25, -0.2) is 4.79 Å². The molecule has 2 aromatic carbocycles. The van der Waals surface area contributed by atoms with Crippen molar-refractivity contribution in [2.24, 2.45) is 0 Å². The minimum atomic E-state index is -0.410. The molecule has 0 radical (unpaired) electrons. The van der Waals surface area contributed by atoms with Crippen LogP contribution in [-0.2, 0) is 11.3 Å². The molecule has 0 aromatic heterocycles. The van der Waals surface area contributed by atoms with Gasteiger partial charge < -0.3 is 15.2 Å². The van der Waals surface area contributed by atoms with E-state index in [0.29, 0.717) is 23.6 Å². The van der Waals surface area contributed by atoms with Gasteiger partial charge in [0.15, 0.2) is 0 Å². The van der Waals surface area contributed by atoms with Crippen molar-refractivity contribution in [1.82, 2.24) is 0 Å². The summed E-state index contributed by atoms with van der Waals surface area (Å²) in [7, 11) is 1.34. The molecular weight excluding hydrogens is 369 g/mol. The fraction of sp³-hybridized carbons (Fsp3) is 0.133. The second-order valence-electron chi connectivity index (χ2n) is 4.14. The minimum absolute atomic E-state index is 0.395. The summed E-state index contributed by atoms with van der Waals surface area (Å²) in [6, 6.07) is 13.0. The summed E-state index contributed by atoms with van der Waals surface area (Å²) >= 11 is 2.07. The van der Waals surface area contributed by atoms with Crippen LogP contribution < -0.4 is 10.5 Å². The number of esters is 1. The van der Waals surface area contributed by atoms with Crippen LogP contribution in [0.25, 0.3) is 0 Å². The lowest BCUT2D eigenvalue weighted by atomic mass is 10.2. The first-order valence-electron chi connectivity index (χ1n) is 5.96. The van der Waals surface area contributed by atoms with E-state index in [-0.39, 0.29) is 0 Å². The van der Waals surface area contributed by atoms with E-state index < -0.39 is 5.97 Å². The van der Waals surface area contributed by atoms with Gasteiger partial charge in [0, 0.05) is 3.57 Å². The molecule has 0 aliphatic carbocycles. The third kappa shape index (κ3) is 3.41. The predicted octanol–water partition coefficient (Wildman–Crippen LogP) is 3.24. The van der Waals surface area contributed by atoms with Crippen LogP contribution in [0, 0.1) is 3.57 Å². The zero-order valence-corrected chi connectivity index (χ0v) is 13.1. The highest BCUT2D eigenvalue weighted by atomic mass is 127. The summed E-state index contributed by atoms with van der Waals surface area (Å²) in [4.78, 5) is 11.6. The van der Waals surface area contributed by atoms with E-state index in [4.69, 9.17) is 15.2 Å². The van der Waals surface area contributed by atoms with Crippen LogP contribution in [0.2, 0.25) is 0 Å². The van der Waals surface area contributed by atoms with Crippen LogP contribution in [0.3, 0.4) is 0 Å². The molecule has 0 aliphatic rings. The zero-order valence-electron chi connectivity index (χ0n) is 10.9. The Morgan fingerprint density at radius 2 is 1.95 bits per heavy atom. The van der Waals surface area contributed by atoms with Crippen LogP contribution in [0.4, 0.5) is 5.69 Å². The number of methoxy groups -OCH3 is 1. The number of anilines is 1. The lowest BCUT2D eigenvalue weighted by molar-refractivity contribution is 0.0600. The van der Waals surface area contributed by atoms with E-state index >= 15 is 0 Å². The Kier molecular flexibility index (Phi) is 4.84. The largest absolute Gasteiger partial charge is 0.487 e. The molecule has 0 spiro atoms. The molecule has 0 saturated carbocycles. The van der Waals surface area contributed by atoms with Crippen molar-refractivity contribution in [3.8, 4) is 5.75 Å². The van der Waals surface area contributed by atoms with Crippen molar-refractivity contribution in [3.05, 3.63) is 57.2 Å². The molecule has 4 nitrogen and oxygen atoms in total. The van der Waals surface area contributed by atoms with Crippen molar-refractivity contribution in [2.75, 3.05) is 12.8 Å². The van der Waals surface area contributed by atoms with Crippen molar-refractivity contribution in [1.29, 1.82) is 0 Å². The van der Waals surface area contributed by atoms with E-state index in [9.17, 15) is 4.79 Å². The second-order valence-corrected chi connectivity index (χ2v) is 5.30. The van der Waals surface area contributed by atoms with Gasteiger partial charge >= 0.3 is 5.97 Å². The number of halogens is 1. The van der Waals surface area contributed by atoms with Crippen molar-refractivity contribution < 1.29 is 14.3 Å². The van der Waals surface area contributed by atoms with E-state index in [1.807, 2.05) is 30.3 Å². The summed E-state index contributed by atoms with van der Waals surface area (Å²) < 4.78 is 11.2. The van der Waals surface area contributed by atoms with Crippen LogP contribution >= 0.6 is 22.6 Å². The normalized spacial score (nSPS) is 10.1. The molecule has 0 bridgehead atoms. The van der Waals surface area contributed by atoms with Gasteiger partial charge in [-0.3, -0.25) is 0 Å². The summed E-state index contributed by atoms with van der Waals surface area (Å²) in [5.41, 5.74) is 7.95. The topological polar surface area (TPSA) is 61.5 Å². The summed E-state index contributed by atoms with van der Waals surface area (Å²) in [6.07, 6.45) is 0. The van der Waals surface area contributed by atoms with E-state index in [2.05, 4.69) is 22.6 Å². The van der Waals surface area contributed by atoms with Gasteiger partial charge in [0.05, 0.1) is 18.4 Å². The predicted molar refractivity (Wildman–Crippen MR) is 85.7 cm³/mol. The third-order valence-corrected chi connectivity index (χ3v) is 3.64.